The number of alkyl halides is 4. The van der Waals surface area contributed by atoms with Crippen LogP contribution in [-0.4, -0.2) is 25.3 Å². The van der Waals surface area contributed by atoms with E-state index in [4.69, 9.17) is 74.3 Å². The van der Waals surface area contributed by atoms with Crippen LogP contribution in [0.25, 0.3) is 0 Å². The number of hydrogen-bond donors (Lipinski definition) is 0. The molecule has 0 N–H and O–H groups in total. The van der Waals surface area contributed by atoms with Crippen molar-refractivity contribution in [3.8, 4) is 0 Å². The number of allylic oxidation sites excluding steroid dienone is 2. The third kappa shape index (κ3) is 1.09. The maximum absolute atomic E-state index is 6.83. The van der Waals surface area contributed by atoms with E-state index in [0.717, 1.165) is 0 Å². The van der Waals surface area contributed by atoms with Crippen molar-refractivity contribution in [1.29, 1.82) is 0 Å². The lowest BCUT2D eigenvalue weighted by molar-refractivity contribution is -0.0351. The lowest BCUT2D eigenvalue weighted by Gasteiger charge is -2.40. The van der Waals surface area contributed by atoms with Crippen LogP contribution < -0.4 is 0 Å². The third-order valence-electron chi connectivity index (χ3n) is 5.36. The van der Waals surface area contributed by atoms with Crippen molar-refractivity contribution < 1.29 is 4.74 Å². The van der Waals surface area contributed by atoms with Crippen molar-refractivity contribution in [2.75, 3.05) is 0 Å². The van der Waals surface area contributed by atoms with Gasteiger partial charge in [-0.25, -0.2) is 0 Å². The zero-order chi connectivity index (χ0) is 14.9. The van der Waals surface area contributed by atoms with Gasteiger partial charge in [-0.2, -0.15) is 0 Å². The molecular weight excluding hydrogens is 385 g/mol. The summed E-state index contributed by atoms with van der Waals surface area (Å²) in [4.78, 5) is -2.50. The molecular formula is C13H10Cl6O. The Hall–Kier alpha value is 1.18. The number of rotatable bonds is 0. The molecule has 1 saturated heterocycles. The van der Waals surface area contributed by atoms with Crippen molar-refractivity contribution in [3.05, 3.63) is 22.2 Å². The van der Waals surface area contributed by atoms with Crippen LogP contribution in [0.3, 0.4) is 0 Å². The van der Waals surface area contributed by atoms with Crippen LogP contribution in [0.15, 0.2) is 22.2 Å². The fourth-order valence-electron chi connectivity index (χ4n) is 4.64. The monoisotopic (exact) mass is 392 g/mol. The van der Waals surface area contributed by atoms with Gasteiger partial charge < -0.3 is 4.74 Å². The molecule has 4 rings (SSSR count). The minimum Gasteiger partial charge on any atom is -0.360 e. The van der Waals surface area contributed by atoms with E-state index in [1.165, 1.54) is 0 Å². The summed E-state index contributed by atoms with van der Waals surface area (Å²) in [7, 11) is 0. The molecule has 2 fully saturated rings. The summed E-state index contributed by atoms with van der Waals surface area (Å²) < 4.78 is 4.68. The SMILES string of the molecule is C[C@]12C=C[C@](C)(O1)[C@@H]1[C@H]2[C@]2(Cl)C(Cl)=C(Cl)[C@@]1(Cl)C2(Cl)Cl. The van der Waals surface area contributed by atoms with Crippen molar-refractivity contribution >= 4 is 69.6 Å². The van der Waals surface area contributed by atoms with E-state index in [1.54, 1.807) is 0 Å². The zero-order valence-electron chi connectivity index (χ0n) is 10.5. The Morgan fingerprint density at radius 3 is 1.55 bits per heavy atom. The van der Waals surface area contributed by atoms with Crippen LogP contribution in [0.1, 0.15) is 13.8 Å². The predicted octanol–water partition coefficient (Wildman–Crippen LogP) is 5.18. The predicted molar refractivity (Wildman–Crippen MR) is 84.4 cm³/mol. The standard InChI is InChI=1S/C13H10Cl6O/c1-9-3-4-10(2,20-9)6-5(9)11(16)7(14)8(15)12(6,17)13(11,18)19/h3-6H,1-2H3/t5-,6+,9-,10+,11+,12-. The molecule has 6 atom stereocenters. The van der Waals surface area contributed by atoms with Crippen molar-refractivity contribution in [2.45, 2.75) is 39.1 Å². The quantitative estimate of drug-likeness (QED) is 0.406. The first-order valence-corrected chi connectivity index (χ1v) is 8.46. The number of ether oxygens (including phenoxy) is 1. The Bertz CT molecular complexity index is 566. The molecule has 0 spiro atoms. The molecule has 2 aliphatic carbocycles. The fraction of sp³-hybridized carbons (Fsp3) is 0.692. The van der Waals surface area contributed by atoms with Crippen molar-refractivity contribution in [3.63, 3.8) is 0 Å². The van der Waals surface area contributed by atoms with Crippen molar-refractivity contribution in [1.82, 2.24) is 0 Å². The van der Waals surface area contributed by atoms with Crippen LogP contribution in [0.5, 0.6) is 0 Å². The minimum absolute atomic E-state index is 0.233. The second-order valence-corrected chi connectivity index (χ2v) is 9.66. The van der Waals surface area contributed by atoms with E-state index in [-0.39, 0.29) is 21.9 Å². The molecule has 1 saturated carbocycles. The highest BCUT2D eigenvalue weighted by Crippen LogP contribution is 2.82. The first-order chi connectivity index (χ1) is 8.97. The van der Waals surface area contributed by atoms with Crippen LogP contribution >= 0.6 is 69.6 Å². The van der Waals surface area contributed by atoms with E-state index < -0.39 is 25.3 Å². The Kier molecular flexibility index (Phi) is 2.57. The molecule has 1 nitrogen and oxygen atoms in total. The summed E-state index contributed by atoms with van der Waals surface area (Å²) in [6, 6.07) is 0. The molecule has 0 aromatic heterocycles. The zero-order valence-corrected chi connectivity index (χ0v) is 15.0. The van der Waals surface area contributed by atoms with Gasteiger partial charge in [0.25, 0.3) is 0 Å². The first-order valence-electron chi connectivity index (χ1n) is 6.19. The average molecular weight is 395 g/mol. The molecule has 0 radical (unpaired) electrons. The van der Waals surface area contributed by atoms with Crippen LogP contribution in [0.4, 0.5) is 0 Å². The van der Waals surface area contributed by atoms with Crippen LogP contribution in [0.2, 0.25) is 0 Å². The second-order valence-electron chi connectivity index (χ2n) is 6.38. The summed E-state index contributed by atoms with van der Waals surface area (Å²) in [5.74, 6) is -0.483. The molecule has 7 heteroatoms. The van der Waals surface area contributed by atoms with Gasteiger partial charge in [0.2, 0.25) is 0 Å². The number of fused-ring (bicyclic) bond motifs is 9. The summed E-state index contributed by atoms with van der Waals surface area (Å²) in [5, 5.41) is 0.466. The van der Waals surface area contributed by atoms with Gasteiger partial charge in [-0.05, 0) is 13.8 Å². The largest absolute Gasteiger partial charge is 0.360 e. The lowest BCUT2D eigenvalue weighted by atomic mass is 9.66. The maximum Gasteiger partial charge on any atom is 0.167 e. The van der Waals surface area contributed by atoms with Crippen molar-refractivity contribution in [2.24, 2.45) is 11.8 Å². The van der Waals surface area contributed by atoms with E-state index in [1.807, 2.05) is 26.0 Å². The molecule has 0 unspecified atom stereocenters. The van der Waals surface area contributed by atoms with E-state index in [0.29, 0.717) is 0 Å². The van der Waals surface area contributed by atoms with Gasteiger partial charge in [-0.1, -0.05) is 58.6 Å². The van der Waals surface area contributed by atoms with Gasteiger partial charge in [0.1, 0.15) is 9.75 Å². The van der Waals surface area contributed by atoms with Gasteiger partial charge in [0.15, 0.2) is 4.33 Å². The van der Waals surface area contributed by atoms with Crippen LogP contribution in [0, 0.1) is 11.8 Å². The summed E-state index contributed by atoms with van der Waals surface area (Å²) in [6.07, 6.45) is 3.97. The Morgan fingerprint density at radius 2 is 1.20 bits per heavy atom. The van der Waals surface area contributed by atoms with Gasteiger partial charge in [0.05, 0.1) is 21.3 Å². The maximum atomic E-state index is 6.83. The molecule has 0 aromatic carbocycles. The molecule has 20 heavy (non-hydrogen) atoms. The van der Waals surface area contributed by atoms with E-state index in [9.17, 15) is 0 Å². The average Bonchev–Trinajstić information content (AvgIpc) is 2.86. The van der Waals surface area contributed by atoms with Gasteiger partial charge in [-0.15, -0.1) is 23.2 Å². The third-order valence-corrected chi connectivity index (χ3v) is 9.61. The summed E-state index contributed by atoms with van der Waals surface area (Å²) in [6.45, 7) is 3.90. The molecule has 0 amide bonds. The smallest absolute Gasteiger partial charge is 0.167 e. The molecule has 4 bridgehead atoms. The lowest BCUT2D eigenvalue weighted by Crippen LogP contribution is -2.50. The highest BCUT2D eigenvalue weighted by molar-refractivity contribution is 6.65. The second kappa shape index (κ2) is 3.48. The molecule has 2 heterocycles. The van der Waals surface area contributed by atoms with Gasteiger partial charge >= 0.3 is 0 Å². The molecule has 0 aromatic rings. The van der Waals surface area contributed by atoms with E-state index in [2.05, 4.69) is 0 Å². The fourth-order valence-corrected chi connectivity index (χ4v) is 7.82. The van der Waals surface area contributed by atoms with Gasteiger partial charge in [0, 0.05) is 11.8 Å². The summed E-state index contributed by atoms with van der Waals surface area (Å²) >= 11 is 39.6. The van der Waals surface area contributed by atoms with E-state index >= 15 is 0 Å². The highest BCUT2D eigenvalue weighted by Gasteiger charge is 2.89. The Labute approximate surface area is 147 Å². The number of hydrogen-bond acceptors (Lipinski definition) is 1. The van der Waals surface area contributed by atoms with Gasteiger partial charge in [-0.3, -0.25) is 0 Å². The minimum atomic E-state index is -1.50. The van der Waals surface area contributed by atoms with Crippen LogP contribution in [-0.2, 0) is 4.74 Å². The molecule has 110 valence electrons. The number of halogens is 6. The molecule has 2 aliphatic heterocycles. The molecule has 4 aliphatic rings. The highest BCUT2D eigenvalue weighted by atomic mass is 35.5. The normalized spacial score (nSPS) is 61.6. The summed E-state index contributed by atoms with van der Waals surface area (Å²) in [5.41, 5.74) is -1.21. The Balaban J connectivity index is 2.08. The Morgan fingerprint density at radius 1 is 0.850 bits per heavy atom. The first kappa shape index (κ1) is 14.8. The topological polar surface area (TPSA) is 9.23 Å².